The molecule has 2 N–H and O–H groups in total. The molecular formula is C17H15N3O4S2. The lowest BCUT2D eigenvalue weighted by Crippen LogP contribution is -2.11. The van der Waals surface area contributed by atoms with E-state index in [2.05, 4.69) is 19.8 Å². The van der Waals surface area contributed by atoms with Crippen molar-refractivity contribution >= 4 is 44.5 Å². The molecular weight excluding hydrogens is 374 g/mol. The van der Waals surface area contributed by atoms with Crippen molar-refractivity contribution in [1.29, 1.82) is 0 Å². The third-order valence-electron chi connectivity index (χ3n) is 3.33. The Labute approximate surface area is 154 Å². The van der Waals surface area contributed by atoms with Crippen molar-refractivity contribution in [3.63, 3.8) is 0 Å². The molecule has 0 aliphatic rings. The van der Waals surface area contributed by atoms with E-state index in [1.807, 2.05) is 0 Å². The van der Waals surface area contributed by atoms with E-state index in [1.54, 1.807) is 47.8 Å². The van der Waals surface area contributed by atoms with E-state index in [4.69, 9.17) is 0 Å². The van der Waals surface area contributed by atoms with Crippen LogP contribution in [-0.4, -0.2) is 26.5 Å². The fourth-order valence-corrected chi connectivity index (χ4v) is 4.18. The van der Waals surface area contributed by atoms with Crippen molar-refractivity contribution in [3.05, 3.63) is 65.7 Å². The molecule has 0 bridgehead atoms. The molecule has 0 aliphatic heterocycles. The minimum Gasteiger partial charge on any atom is -0.465 e. The first kappa shape index (κ1) is 17.9. The SMILES string of the molecule is COC(=O)c1cccc(Nc2ccc(NS(=O)(=O)c3cccs3)cn2)c1. The van der Waals surface area contributed by atoms with Crippen LogP contribution in [0.3, 0.4) is 0 Å². The van der Waals surface area contributed by atoms with Gasteiger partial charge in [0, 0.05) is 5.69 Å². The Morgan fingerprint density at radius 1 is 1.12 bits per heavy atom. The molecule has 2 heterocycles. The van der Waals surface area contributed by atoms with Crippen molar-refractivity contribution in [2.75, 3.05) is 17.1 Å². The van der Waals surface area contributed by atoms with Gasteiger partial charge in [0.05, 0.1) is 24.6 Å². The topological polar surface area (TPSA) is 97.4 Å². The van der Waals surface area contributed by atoms with Crippen molar-refractivity contribution in [2.45, 2.75) is 4.21 Å². The lowest BCUT2D eigenvalue weighted by atomic mass is 10.2. The lowest BCUT2D eigenvalue weighted by Gasteiger charge is -2.09. The van der Waals surface area contributed by atoms with Gasteiger partial charge in [-0.15, -0.1) is 11.3 Å². The molecule has 7 nitrogen and oxygen atoms in total. The largest absolute Gasteiger partial charge is 0.465 e. The minimum atomic E-state index is -3.60. The number of thiophene rings is 1. The zero-order chi connectivity index (χ0) is 18.6. The number of rotatable bonds is 6. The average molecular weight is 389 g/mol. The Morgan fingerprint density at radius 3 is 2.62 bits per heavy atom. The van der Waals surface area contributed by atoms with Crippen LogP contribution in [0, 0.1) is 0 Å². The molecule has 3 rings (SSSR count). The molecule has 0 radical (unpaired) electrons. The third kappa shape index (κ3) is 4.19. The molecule has 0 amide bonds. The standard InChI is InChI=1S/C17H15N3O4S2/c1-24-17(21)12-4-2-5-13(10-12)19-15-8-7-14(11-18-15)20-26(22,23)16-6-3-9-25-16/h2-11,20H,1H3,(H,18,19). The molecule has 0 saturated heterocycles. The number of pyridine rings is 1. The monoisotopic (exact) mass is 389 g/mol. The van der Waals surface area contributed by atoms with Gasteiger partial charge in [-0.3, -0.25) is 4.72 Å². The van der Waals surface area contributed by atoms with Crippen LogP contribution < -0.4 is 10.0 Å². The molecule has 134 valence electrons. The Balaban J connectivity index is 1.71. The van der Waals surface area contributed by atoms with Crippen LogP contribution in [0.5, 0.6) is 0 Å². The maximum Gasteiger partial charge on any atom is 0.337 e. The maximum absolute atomic E-state index is 12.2. The molecule has 26 heavy (non-hydrogen) atoms. The van der Waals surface area contributed by atoms with E-state index >= 15 is 0 Å². The molecule has 0 saturated carbocycles. The fraction of sp³-hybridized carbons (Fsp3) is 0.0588. The highest BCUT2D eigenvalue weighted by Crippen LogP contribution is 2.21. The number of aromatic nitrogens is 1. The van der Waals surface area contributed by atoms with Gasteiger partial charge in [0.15, 0.2) is 0 Å². The number of esters is 1. The van der Waals surface area contributed by atoms with Gasteiger partial charge in [0.1, 0.15) is 10.0 Å². The molecule has 0 spiro atoms. The number of carbonyl (C=O) groups excluding carboxylic acids is 1. The zero-order valence-electron chi connectivity index (χ0n) is 13.7. The average Bonchev–Trinajstić information content (AvgIpc) is 3.18. The summed E-state index contributed by atoms with van der Waals surface area (Å²) in [6.07, 6.45) is 1.41. The number of ether oxygens (including phenoxy) is 1. The molecule has 1 aromatic carbocycles. The number of hydrogen-bond acceptors (Lipinski definition) is 7. The van der Waals surface area contributed by atoms with Gasteiger partial charge >= 0.3 is 5.97 Å². The second-order valence-corrected chi connectivity index (χ2v) is 8.02. The van der Waals surface area contributed by atoms with Crippen molar-refractivity contribution in [2.24, 2.45) is 0 Å². The van der Waals surface area contributed by atoms with Gasteiger partial charge in [-0.25, -0.2) is 18.2 Å². The highest BCUT2D eigenvalue weighted by molar-refractivity contribution is 7.94. The quantitative estimate of drug-likeness (QED) is 0.627. The maximum atomic E-state index is 12.2. The van der Waals surface area contributed by atoms with Gasteiger partial charge in [-0.2, -0.15) is 0 Å². The van der Waals surface area contributed by atoms with Gasteiger partial charge in [0.25, 0.3) is 10.0 Å². The van der Waals surface area contributed by atoms with Crippen LogP contribution in [0.25, 0.3) is 0 Å². The molecule has 0 atom stereocenters. The Morgan fingerprint density at radius 2 is 1.96 bits per heavy atom. The van der Waals surface area contributed by atoms with E-state index in [0.29, 0.717) is 22.8 Å². The van der Waals surface area contributed by atoms with E-state index in [-0.39, 0.29) is 4.21 Å². The highest BCUT2D eigenvalue weighted by atomic mass is 32.2. The Bertz CT molecular complexity index is 1000. The molecule has 0 fully saturated rings. The normalized spacial score (nSPS) is 11.0. The molecule has 0 unspecified atom stereocenters. The summed E-state index contributed by atoms with van der Waals surface area (Å²) in [5.74, 6) is 0.0750. The minimum absolute atomic E-state index is 0.235. The second-order valence-electron chi connectivity index (χ2n) is 5.17. The van der Waals surface area contributed by atoms with Gasteiger partial charge in [-0.1, -0.05) is 12.1 Å². The van der Waals surface area contributed by atoms with Crippen molar-refractivity contribution < 1.29 is 17.9 Å². The van der Waals surface area contributed by atoms with Crippen LogP contribution >= 0.6 is 11.3 Å². The first-order valence-electron chi connectivity index (χ1n) is 7.46. The van der Waals surface area contributed by atoms with Crippen LogP contribution in [0.2, 0.25) is 0 Å². The van der Waals surface area contributed by atoms with Crippen molar-refractivity contribution in [1.82, 2.24) is 4.98 Å². The van der Waals surface area contributed by atoms with Crippen molar-refractivity contribution in [3.8, 4) is 0 Å². The summed E-state index contributed by atoms with van der Waals surface area (Å²) in [5, 5.41) is 4.74. The summed E-state index contributed by atoms with van der Waals surface area (Å²) in [5.41, 5.74) is 1.43. The van der Waals surface area contributed by atoms with Gasteiger partial charge < -0.3 is 10.1 Å². The van der Waals surface area contributed by atoms with Crippen LogP contribution in [0.4, 0.5) is 17.2 Å². The number of benzene rings is 1. The second kappa shape index (κ2) is 7.54. The molecule has 3 aromatic rings. The van der Waals surface area contributed by atoms with Gasteiger partial charge in [0.2, 0.25) is 0 Å². The van der Waals surface area contributed by atoms with E-state index in [1.165, 1.54) is 19.4 Å². The smallest absolute Gasteiger partial charge is 0.337 e. The predicted molar refractivity (Wildman–Crippen MR) is 100 cm³/mol. The zero-order valence-corrected chi connectivity index (χ0v) is 15.3. The Kier molecular flexibility index (Phi) is 5.19. The number of nitrogens with one attached hydrogen (secondary N) is 2. The summed E-state index contributed by atoms with van der Waals surface area (Å²) in [4.78, 5) is 15.7. The number of sulfonamides is 1. The van der Waals surface area contributed by atoms with E-state index < -0.39 is 16.0 Å². The summed E-state index contributed by atoms with van der Waals surface area (Å²) in [7, 11) is -2.28. The van der Waals surface area contributed by atoms with Crippen LogP contribution in [-0.2, 0) is 14.8 Å². The lowest BCUT2D eigenvalue weighted by molar-refractivity contribution is 0.0601. The first-order valence-corrected chi connectivity index (χ1v) is 9.82. The number of nitrogens with zero attached hydrogens (tertiary/aromatic N) is 1. The highest BCUT2D eigenvalue weighted by Gasteiger charge is 2.15. The first-order chi connectivity index (χ1) is 12.5. The number of hydrogen-bond donors (Lipinski definition) is 2. The third-order valence-corrected chi connectivity index (χ3v) is 6.11. The summed E-state index contributed by atoms with van der Waals surface area (Å²) >= 11 is 1.14. The predicted octanol–water partition coefficient (Wildman–Crippen LogP) is 3.47. The molecule has 2 aromatic heterocycles. The number of anilines is 3. The summed E-state index contributed by atoms with van der Waals surface area (Å²) in [6, 6.07) is 13.2. The molecule has 0 aliphatic carbocycles. The van der Waals surface area contributed by atoms with E-state index in [9.17, 15) is 13.2 Å². The van der Waals surface area contributed by atoms with Gasteiger partial charge in [-0.05, 0) is 41.8 Å². The number of carbonyl (C=O) groups is 1. The number of methoxy groups -OCH3 is 1. The van der Waals surface area contributed by atoms with Crippen LogP contribution in [0.1, 0.15) is 10.4 Å². The summed E-state index contributed by atoms with van der Waals surface area (Å²) in [6.45, 7) is 0. The fourth-order valence-electron chi connectivity index (χ4n) is 2.14. The molecule has 9 heteroatoms. The summed E-state index contributed by atoms with van der Waals surface area (Å²) < 4.78 is 31.8. The van der Waals surface area contributed by atoms with E-state index in [0.717, 1.165) is 11.3 Å². The van der Waals surface area contributed by atoms with Crippen LogP contribution in [0.15, 0.2) is 64.3 Å². The Hall–Kier alpha value is -2.91.